The fourth-order valence-electron chi connectivity index (χ4n) is 5.65. The molecule has 4 aromatic rings. The lowest BCUT2D eigenvalue weighted by Crippen LogP contribution is -2.53. The predicted octanol–water partition coefficient (Wildman–Crippen LogP) is 6.91. The third-order valence-electron chi connectivity index (χ3n) is 7.95. The maximum absolute atomic E-state index is 12.7. The van der Waals surface area contributed by atoms with Crippen molar-refractivity contribution in [1.29, 1.82) is 0 Å². The third kappa shape index (κ3) is 11.5. The van der Waals surface area contributed by atoms with Crippen LogP contribution in [0.25, 0.3) is 0 Å². The van der Waals surface area contributed by atoms with Crippen LogP contribution in [0.3, 0.4) is 0 Å². The molecule has 1 fully saturated rings. The zero-order valence-corrected chi connectivity index (χ0v) is 29.2. The monoisotopic (exact) mass is 685 g/mol. The van der Waals surface area contributed by atoms with Gasteiger partial charge in [-0.2, -0.15) is 0 Å². The van der Waals surface area contributed by atoms with Gasteiger partial charge in [0, 0.05) is 42.7 Å². The molecule has 2 aromatic carbocycles. The van der Waals surface area contributed by atoms with E-state index in [9.17, 15) is 4.79 Å². The van der Waals surface area contributed by atoms with E-state index in [1.165, 1.54) is 0 Å². The first kappa shape index (κ1) is 36.7. The van der Waals surface area contributed by atoms with Crippen molar-refractivity contribution in [1.82, 2.24) is 15.0 Å². The Bertz CT molecular complexity index is 1530. The van der Waals surface area contributed by atoms with E-state index < -0.39 is 24.0 Å². The smallest absolute Gasteiger partial charge is 0.496 e. The second-order valence-corrected chi connectivity index (χ2v) is 13.0. The summed E-state index contributed by atoms with van der Waals surface area (Å²) in [7, 11) is 1.66. The number of carbonyl (C=O) groups is 1. The van der Waals surface area contributed by atoms with E-state index in [-0.39, 0.29) is 5.92 Å². The summed E-state index contributed by atoms with van der Waals surface area (Å²) in [5.41, 5.74) is 3.19. The largest absolute Gasteiger partial charge is 0.528 e. The Hall–Kier alpha value is -4.55. The minimum Gasteiger partial charge on any atom is -0.496 e. The number of nitrogens with zero attached hydrogens (tertiary/aromatic N) is 3. The Morgan fingerprint density at radius 1 is 0.800 bits per heavy atom. The molecular weight excluding hydrogens is 638 g/mol. The summed E-state index contributed by atoms with van der Waals surface area (Å²) in [4.78, 5) is 26.9. The SMILES string of the molecule is COc1ccccc1COCCCOc1ccc(C2[C@@H](OCc3cccnc3)CN(OC(=O)OC(C)(C)C)C[C@H]2OCc2cccnc2)cc1. The third-order valence-corrected chi connectivity index (χ3v) is 7.95. The highest BCUT2D eigenvalue weighted by atomic mass is 16.8. The lowest BCUT2D eigenvalue weighted by Gasteiger charge is -2.42. The van der Waals surface area contributed by atoms with Gasteiger partial charge in [-0.15, -0.1) is 5.06 Å². The number of rotatable bonds is 16. The Morgan fingerprint density at radius 3 is 2.02 bits per heavy atom. The normalized spacial score (nSPS) is 18.0. The second kappa shape index (κ2) is 18.4. The summed E-state index contributed by atoms with van der Waals surface area (Å²) in [5, 5.41) is 1.57. The van der Waals surface area contributed by atoms with Gasteiger partial charge in [-0.3, -0.25) is 9.97 Å². The topological polar surface area (TPSA) is 111 Å². The van der Waals surface area contributed by atoms with Crippen molar-refractivity contribution in [2.45, 2.75) is 70.7 Å². The quantitative estimate of drug-likeness (QED) is 0.0907. The van der Waals surface area contributed by atoms with Crippen molar-refractivity contribution >= 4 is 6.16 Å². The van der Waals surface area contributed by atoms with E-state index in [0.29, 0.717) is 46.1 Å². The van der Waals surface area contributed by atoms with E-state index in [2.05, 4.69) is 9.97 Å². The fourth-order valence-corrected chi connectivity index (χ4v) is 5.65. The number of hydrogen-bond acceptors (Lipinski definition) is 11. The predicted molar refractivity (Wildman–Crippen MR) is 186 cm³/mol. The van der Waals surface area contributed by atoms with Gasteiger partial charge in [0.1, 0.15) is 17.1 Å². The van der Waals surface area contributed by atoms with Crippen LogP contribution in [0, 0.1) is 0 Å². The molecule has 11 nitrogen and oxygen atoms in total. The average molecular weight is 686 g/mol. The minimum atomic E-state index is -0.778. The first-order valence-corrected chi connectivity index (χ1v) is 16.9. The molecule has 1 aliphatic heterocycles. The van der Waals surface area contributed by atoms with Gasteiger partial charge in [-0.1, -0.05) is 42.5 Å². The number of hydrogen-bond donors (Lipinski definition) is 0. The van der Waals surface area contributed by atoms with Gasteiger partial charge < -0.3 is 33.3 Å². The summed E-state index contributed by atoms with van der Waals surface area (Å²) < 4.78 is 35.9. The van der Waals surface area contributed by atoms with Crippen molar-refractivity contribution in [3.05, 3.63) is 120 Å². The molecule has 266 valence electrons. The molecule has 3 atom stereocenters. The van der Waals surface area contributed by atoms with Crippen LogP contribution < -0.4 is 9.47 Å². The zero-order valence-electron chi connectivity index (χ0n) is 29.2. The second-order valence-electron chi connectivity index (χ2n) is 13.0. The molecule has 0 saturated carbocycles. The number of benzene rings is 2. The molecule has 2 aromatic heterocycles. The Kier molecular flexibility index (Phi) is 13.5. The van der Waals surface area contributed by atoms with Gasteiger partial charge in [0.2, 0.25) is 0 Å². The summed E-state index contributed by atoms with van der Waals surface area (Å²) in [6.45, 7) is 8.21. The molecule has 0 amide bonds. The standard InChI is InChI=1S/C39H47N3O8/c1-39(2,3)49-38(43)50-42-24-35(47-26-29-10-7-18-40-22-29)37(36(25-42)48-27-30-11-8-19-41-23-30)31-14-16-33(17-15-31)46-21-9-20-45-28-32-12-5-6-13-34(32)44-4/h5-8,10-19,22-23,35-37H,9,20-21,24-28H2,1-4H3/t35-,36+,37?. The fraction of sp³-hybridized carbons (Fsp3) is 0.410. The van der Waals surface area contributed by atoms with Gasteiger partial charge >= 0.3 is 6.16 Å². The van der Waals surface area contributed by atoms with Gasteiger partial charge in [0.05, 0.1) is 65.4 Å². The maximum Gasteiger partial charge on any atom is 0.528 e. The van der Waals surface area contributed by atoms with Crippen molar-refractivity contribution in [2.24, 2.45) is 0 Å². The Morgan fingerprint density at radius 2 is 1.44 bits per heavy atom. The molecule has 0 aliphatic carbocycles. The number of methoxy groups -OCH3 is 1. The van der Waals surface area contributed by atoms with Crippen LogP contribution in [0.4, 0.5) is 4.79 Å². The molecule has 0 spiro atoms. The van der Waals surface area contributed by atoms with Crippen molar-refractivity contribution in [2.75, 3.05) is 33.4 Å². The van der Waals surface area contributed by atoms with E-state index in [4.69, 9.17) is 33.3 Å². The van der Waals surface area contributed by atoms with Crippen LogP contribution in [0.15, 0.2) is 97.6 Å². The molecule has 0 bridgehead atoms. The van der Waals surface area contributed by atoms with Crippen LogP contribution >= 0.6 is 0 Å². The van der Waals surface area contributed by atoms with Crippen LogP contribution in [-0.2, 0) is 43.6 Å². The zero-order chi connectivity index (χ0) is 35.2. The average Bonchev–Trinajstić information content (AvgIpc) is 3.11. The number of pyridine rings is 2. The molecular formula is C39H47N3O8. The van der Waals surface area contributed by atoms with Crippen LogP contribution in [0.2, 0.25) is 0 Å². The first-order chi connectivity index (χ1) is 24.3. The van der Waals surface area contributed by atoms with E-state index >= 15 is 0 Å². The molecule has 11 heteroatoms. The Labute approximate surface area is 294 Å². The van der Waals surface area contributed by atoms with Crippen molar-refractivity contribution in [3.8, 4) is 11.5 Å². The van der Waals surface area contributed by atoms with Gasteiger partial charge in [0.15, 0.2) is 0 Å². The molecule has 1 saturated heterocycles. The van der Waals surface area contributed by atoms with Gasteiger partial charge in [-0.05, 0) is 67.8 Å². The molecule has 50 heavy (non-hydrogen) atoms. The van der Waals surface area contributed by atoms with E-state index in [1.54, 1.807) is 57.7 Å². The van der Waals surface area contributed by atoms with Crippen LogP contribution in [0.1, 0.15) is 55.4 Å². The molecule has 1 unspecified atom stereocenters. The summed E-state index contributed by atoms with van der Waals surface area (Å²) >= 11 is 0. The van der Waals surface area contributed by atoms with Gasteiger partial charge in [-0.25, -0.2) is 4.79 Å². The highest BCUT2D eigenvalue weighted by molar-refractivity contribution is 5.60. The summed E-state index contributed by atoms with van der Waals surface area (Å²) in [6.07, 6.45) is 6.16. The minimum absolute atomic E-state index is 0.195. The number of piperidine rings is 1. The van der Waals surface area contributed by atoms with Crippen molar-refractivity contribution < 1.29 is 38.1 Å². The van der Waals surface area contributed by atoms with Gasteiger partial charge in [0.25, 0.3) is 0 Å². The molecule has 0 radical (unpaired) electrons. The lowest BCUT2D eigenvalue weighted by atomic mass is 9.85. The highest BCUT2D eigenvalue weighted by Crippen LogP contribution is 2.35. The molecule has 3 heterocycles. The lowest BCUT2D eigenvalue weighted by molar-refractivity contribution is -0.209. The number of para-hydroxylation sites is 1. The summed E-state index contributed by atoms with van der Waals surface area (Å²) in [5.74, 6) is 1.38. The maximum atomic E-state index is 12.7. The molecule has 1 aliphatic rings. The number of hydroxylamine groups is 2. The Balaban J connectivity index is 1.26. The number of carbonyl (C=O) groups excluding carboxylic acids is 1. The summed E-state index contributed by atoms with van der Waals surface area (Å²) in [6, 6.07) is 23.5. The number of aromatic nitrogens is 2. The molecule has 0 N–H and O–H groups in total. The molecule has 5 rings (SSSR count). The van der Waals surface area contributed by atoms with Crippen LogP contribution in [-0.4, -0.2) is 72.4 Å². The van der Waals surface area contributed by atoms with E-state index in [0.717, 1.165) is 40.2 Å². The number of ether oxygens (including phenoxy) is 6. The van der Waals surface area contributed by atoms with Crippen molar-refractivity contribution in [3.63, 3.8) is 0 Å². The first-order valence-electron chi connectivity index (χ1n) is 16.9. The van der Waals surface area contributed by atoms with E-state index in [1.807, 2.05) is 72.8 Å². The van der Waals surface area contributed by atoms with Crippen LogP contribution in [0.5, 0.6) is 11.5 Å². The highest BCUT2D eigenvalue weighted by Gasteiger charge is 2.41.